The Kier molecular flexibility index (Phi) is 6.92. The third-order valence-corrected chi connectivity index (χ3v) is 4.78. The summed E-state index contributed by atoms with van der Waals surface area (Å²) < 4.78 is 11.9. The lowest BCUT2D eigenvalue weighted by Gasteiger charge is -2.08. The van der Waals surface area contributed by atoms with E-state index in [-0.39, 0.29) is 5.56 Å². The maximum Gasteiger partial charge on any atom is 0.280 e. The third kappa shape index (κ3) is 4.85. The predicted octanol–water partition coefficient (Wildman–Crippen LogP) is 3.29. The van der Waals surface area contributed by atoms with E-state index in [1.165, 1.54) is 18.9 Å². The Morgan fingerprint density at radius 2 is 1.74 bits per heavy atom. The van der Waals surface area contributed by atoms with E-state index >= 15 is 0 Å². The summed E-state index contributed by atoms with van der Waals surface area (Å²) in [4.78, 5) is 25.7. The van der Waals surface area contributed by atoms with Crippen molar-refractivity contribution >= 4 is 11.6 Å². The first-order valence-electron chi connectivity index (χ1n) is 9.95. The smallest absolute Gasteiger partial charge is 0.280 e. The highest BCUT2D eigenvalue weighted by Crippen LogP contribution is 2.22. The Morgan fingerprint density at radius 3 is 2.32 bits per heavy atom. The minimum absolute atomic E-state index is 0.215. The molecule has 3 rings (SSSR count). The number of H-pyrrole nitrogens is 1. The largest absolute Gasteiger partial charge is 0.497 e. The zero-order chi connectivity index (χ0) is 22.4. The van der Waals surface area contributed by atoms with E-state index in [0.717, 1.165) is 17.8 Å². The number of aromatic nitrogens is 2. The highest BCUT2D eigenvalue weighted by atomic mass is 16.5. The molecule has 0 bridgehead atoms. The number of ether oxygens (including phenoxy) is 2. The molecule has 8 nitrogen and oxygen atoms in total. The van der Waals surface area contributed by atoms with Crippen LogP contribution in [0.4, 0.5) is 0 Å². The van der Waals surface area contributed by atoms with Crippen molar-refractivity contribution in [2.75, 3.05) is 14.2 Å². The number of para-hydroxylation sites is 1. The fourth-order valence-corrected chi connectivity index (χ4v) is 3.24. The van der Waals surface area contributed by atoms with Gasteiger partial charge in [-0.3, -0.25) is 14.7 Å². The molecule has 0 saturated heterocycles. The number of benzene rings is 2. The van der Waals surface area contributed by atoms with Crippen molar-refractivity contribution in [1.29, 1.82) is 0 Å². The number of nitrogens with one attached hydrogen (secondary N) is 2. The van der Waals surface area contributed by atoms with Crippen LogP contribution in [0.5, 0.6) is 11.5 Å². The number of hydrazone groups is 1. The zero-order valence-electron chi connectivity index (χ0n) is 18.1. The zero-order valence-corrected chi connectivity index (χ0v) is 18.1. The molecule has 0 aliphatic heterocycles. The van der Waals surface area contributed by atoms with Crippen LogP contribution in [-0.2, 0) is 6.42 Å². The van der Waals surface area contributed by atoms with Gasteiger partial charge in [0.25, 0.3) is 11.5 Å². The summed E-state index contributed by atoms with van der Waals surface area (Å²) in [6.45, 7) is 3.73. The van der Waals surface area contributed by atoms with Crippen molar-refractivity contribution in [3.05, 3.63) is 75.7 Å². The highest BCUT2D eigenvalue weighted by molar-refractivity contribution is 6.01. The van der Waals surface area contributed by atoms with E-state index in [4.69, 9.17) is 9.47 Å². The maximum absolute atomic E-state index is 13.1. The molecule has 0 radical (unpaired) electrons. The molecule has 0 atom stereocenters. The number of carbonyl (C=O) groups excluding carboxylic acids is 1. The molecule has 0 aliphatic carbocycles. The van der Waals surface area contributed by atoms with Gasteiger partial charge in [-0.2, -0.15) is 5.10 Å². The Bertz CT molecular complexity index is 1120. The standard InChI is InChI=1S/C23H26N4O4/c1-5-9-20-21(23(29)27(26-20)17-10-7-6-8-11-17)15(2)24-25-22(28)16-12-18(30-3)14-19(13-16)31-4/h6-8,10-14,26H,5,9H2,1-4H3,(H,25,28). The van der Waals surface area contributed by atoms with Gasteiger partial charge in [-0.15, -0.1) is 0 Å². The third-order valence-electron chi connectivity index (χ3n) is 4.78. The Labute approximate surface area is 180 Å². The number of hydrogen-bond acceptors (Lipinski definition) is 5. The molecule has 162 valence electrons. The normalized spacial score (nSPS) is 11.3. The number of hydrogen-bond donors (Lipinski definition) is 2. The summed E-state index contributed by atoms with van der Waals surface area (Å²) in [5.41, 5.74) is 5.02. The molecular formula is C23H26N4O4. The van der Waals surface area contributed by atoms with Crippen LogP contribution in [0.2, 0.25) is 0 Å². The fraction of sp³-hybridized carbons (Fsp3) is 0.261. The van der Waals surface area contributed by atoms with Crippen LogP contribution in [0, 0.1) is 0 Å². The Balaban J connectivity index is 1.92. The van der Waals surface area contributed by atoms with E-state index in [2.05, 4.69) is 15.6 Å². The van der Waals surface area contributed by atoms with Crippen molar-refractivity contribution in [3.63, 3.8) is 0 Å². The van der Waals surface area contributed by atoms with E-state index in [0.29, 0.717) is 34.8 Å². The Hall–Kier alpha value is -3.81. The fourth-order valence-electron chi connectivity index (χ4n) is 3.24. The lowest BCUT2D eigenvalue weighted by Crippen LogP contribution is -2.23. The monoisotopic (exact) mass is 422 g/mol. The van der Waals surface area contributed by atoms with E-state index < -0.39 is 5.91 Å². The maximum atomic E-state index is 13.1. The SMILES string of the molecule is CCCc1[nH]n(-c2ccccc2)c(=O)c1C(C)=NNC(=O)c1cc(OC)cc(OC)c1. The molecule has 0 spiro atoms. The van der Waals surface area contributed by atoms with E-state index in [1.54, 1.807) is 25.1 Å². The van der Waals surface area contributed by atoms with E-state index in [9.17, 15) is 9.59 Å². The van der Waals surface area contributed by atoms with Gasteiger partial charge >= 0.3 is 0 Å². The first-order chi connectivity index (χ1) is 15.0. The molecule has 0 aliphatic rings. The number of rotatable bonds is 8. The quantitative estimate of drug-likeness (QED) is 0.430. The summed E-state index contributed by atoms with van der Waals surface area (Å²) in [7, 11) is 3.02. The molecule has 1 amide bonds. The summed E-state index contributed by atoms with van der Waals surface area (Å²) in [6.07, 6.45) is 1.53. The molecule has 8 heteroatoms. The van der Waals surface area contributed by atoms with Crippen molar-refractivity contribution in [3.8, 4) is 17.2 Å². The lowest BCUT2D eigenvalue weighted by molar-refractivity contribution is 0.0954. The average Bonchev–Trinajstić information content (AvgIpc) is 3.13. The Morgan fingerprint density at radius 1 is 1.10 bits per heavy atom. The van der Waals surface area contributed by atoms with Crippen LogP contribution in [0.3, 0.4) is 0 Å². The van der Waals surface area contributed by atoms with Crippen molar-refractivity contribution < 1.29 is 14.3 Å². The van der Waals surface area contributed by atoms with Crippen LogP contribution in [-0.4, -0.2) is 35.6 Å². The highest BCUT2D eigenvalue weighted by Gasteiger charge is 2.18. The van der Waals surface area contributed by atoms with Gasteiger partial charge in [-0.05, 0) is 37.6 Å². The molecule has 0 fully saturated rings. The molecule has 0 saturated carbocycles. The summed E-state index contributed by atoms with van der Waals surface area (Å²) >= 11 is 0. The van der Waals surface area contributed by atoms with Gasteiger partial charge in [-0.25, -0.2) is 10.1 Å². The molecule has 0 unspecified atom stereocenters. The second kappa shape index (κ2) is 9.80. The van der Waals surface area contributed by atoms with Gasteiger partial charge < -0.3 is 9.47 Å². The van der Waals surface area contributed by atoms with Crippen molar-refractivity contribution in [2.24, 2.45) is 5.10 Å². The van der Waals surface area contributed by atoms with Gasteiger partial charge in [-0.1, -0.05) is 31.5 Å². The minimum Gasteiger partial charge on any atom is -0.497 e. The molecule has 3 aromatic rings. The molecule has 1 heterocycles. The number of carbonyl (C=O) groups is 1. The molecular weight excluding hydrogens is 396 g/mol. The topological polar surface area (TPSA) is 97.7 Å². The van der Waals surface area contributed by atoms with Gasteiger partial charge in [0.1, 0.15) is 11.5 Å². The van der Waals surface area contributed by atoms with Crippen LogP contribution >= 0.6 is 0 Å². The molecule has 2 N–H and O–H groups in total. The summed E-state index contributed by atoms with van der Waals surface area (Å²) in [6, 6.07) is 14.2. The lowest BCUT2D eigenvalue weighted by atomic mass is 10.1. The number of aryl methyl sites for hydroxylation is 1. The molecule has 2 aromatic carbocycles. The first kappa shape index (κ1) is 21.9. The van der Waals surface area contributed by atoms with E-state index in [1.807, 2.05) is 37.3 Å². The summed E-state index contributed by atoms with van der Waals surface area (Å²) in [5, 5.41) is 7.37. The average molecular weight is 422 g/mol. The minimum atomic E-state index is -0.437. The second-order valence-electron chi connectivity index (χ2n) is 6.93. The number of methoxy groups -OCH3 is 2. The van der Waals surface area contributed by atoms with Crippen molar-refractivity contribution in [2.45, 2.75) is 26.7 Å². The number of nitrogens with zero attached hydrogens (tertiary/aromatic N) is 2. The molecule has 31 heavy (non-hydrogen) atoms. The van der Waals surface area contributed by atoms with Gasteiger partial charge in [0.15, 0.2) is 0 Å². The van der Waals surface area contributed by atoms with Crippen LogP contribution in [0.25, 0.3) is 5.69 Å². The number of amides is 1. The van der Waals surface area contributed by atoms with Crippen LogP contribution in [0.1, 0.15) is 41.9 Å². The second-order valence-corrected chi connectivity index (χ2v) is 6.93. The molecule has 1 aromatic heterocycles. The van der Waals surface area contributed by atoms with Gasteiger partial charge in [0, 0.05) is 17.3 Å². The van der Waals surface area contributed by atoms with Crippen LogP contribution in [0.15, 0.2) is 58.4 Å². The van der Waals surface area contributed by atoms with Crippen molar-refractivity contribution in [1.82, 2.24) is 15.2 Å². The summed E-state index contributed by atoms with van der Waals surface area (Å²) in [5.74, 6) is 0.547. The first-order valence-corrected chi connectivity index (χ1v) is 9.95. The number of aromatic amines is 1. The predicted molar refractivity (Wildman–Crippen MR) is 120 cm³/mol. The van der Waals surface area contributed by atoms with Gasteiger partial charge in [0.2, 0.25) is 0 Å². The van der Waals surface area contributed by atoms with Crippen LogP contribution < -0.4 is 20.5 Å². The van der Waals surface area contributed by atoms with Gasteiger partial charge in [0.05, 0.1) is 31.2 Å².